The number of methoxy groups -OCH3 is 1. The zero-order valence-electron chi connectivity index (χ0n) is 20.4. The highest BCUT2D eigenvalue weighted by molar-refractivity contribution is 5.83. The molecule has 0 bridgehead atoms. The van der Waals surface area contributed by atoms with E-state index in [1.54, 1.807) is 18.2 Å². The van der Waals surface area contributed by atoms with Crippen molar-refractivity contribution >= 4 is 16.9 Å². The smallest absolute Gasteiger partial charge is 0.309 e. The number of carboxylic acids is 1. The third-order valence-electron chi connectivity index (χ3n) is 7.11. The van der Waals surface area contributed by atoms with Gasteiger partial charge in [0.2, 0.25) is 5.82 Å². The van der Waals surface area contributed by atoms with Gasteiger partial charge in [-0.2, -0.15) is 4.39 Å². The predicted molar refractivity (Wildman–Crippen MR) is 129 cm³/mol. The molecule has 0 unspecified atom stereocenters. The lowest BCUT2D eigenvalue weighted by molar-refractivity contribution is -0.152. The van der Waals surface area contributed by atoms with Crippen molar-refractivity contribution in [2.75, 3.05) is 33.4 Å². The van der Waals surface area contributed by atoms with E-state index in [0.717, 1.165) is 6.07 Å². The molecular weight excluding hydrogens is 492 g/mol. The maximum Gasteiger partial charge on any atom is 0.309 e. The number of rotatable bonds is 10. The van der Waals surface area contributed by atoms with Crippen LogP contribution in [-0.2, 0) is 11.2 Å². The van der Waals surface area contributed by atoms with Crippen LogP contribution in [0.15, 0.2) is 36.5 Å². The molecule has 1 N–H and O–H groups in total. The Bertz CT molecular complexity index is 1280. The maximum atomic E-state index is 14.6. The molecule has 1 aliphatic heterocycles. The van der Waals surface area contributed by atoms with Crippen LogP contribution in [0.4, 0.5) is 17.6 Å². The van der Waals surface area contributed by atoms with Gasteiger partial charge in [0.15, 0.2) is 11.6 Å². The molecule has 0 aliphatic carbocycles. The minimum absolute atomic E-state index is 0.00224. The molecule has 2 heterocycles. The topological polar surface area (TPSA) is 71.9 Å². The first-order chi connectivity index (χ1) is 17.7. The molecule has 198 valence electrons. The van der Waals surface area contributed by atoms with Crippen molar-refractivity contribution in [3.05, 3.63) is 65.4 Å². The van der Waals surface area contributed by atoms with E-state index < -0.39 is 40.4 Å². The highest BCUT2D eigenvalue weighted by Crippen LogP contribution is 2.37. The zero-order chi connectivity index (χ0) is 26.6. The summed E-state index contributed by atoms with van der Waals surface area (Å²) in [6, 6.07) is 6.48. The highest BCUT2D eigenvalue weighted by Gasteiger charge is 2.40. The summed E-state index contributed by atoms with van der Waals surface area (Å²) in [4.78, 5) is 18.3. The summed E-state index contributed by atoms with van der Waals surface area (Å²) in [7, 11) is 1.53. The maximum absolute atomic E-state index is 14.6. The molecule has 1 fully saturated rings. The number of piperidine rings is 1. The van der Waals surface area contributed by atoms with E-state index in [9.17, 15) is 27.5 Å². The van der Waals surface area contributed by atoms with Crippen molar-refractivity contribution < 1.29 is 36.9 Å². The summed E-state index contributed by atoms with van der Waals surface area (Å²) >= 11 is 0. The van der Waals surface area contributed by atoms with Gasteiger partial charge in [-0.1, -0.05) is 0 Å². The van der Waals surface area contributed by atoms with Crippen molar-refractivity contribution in [2.24, 2.45) is 5.41 Å². The van der Waals surface area contributed by atoms with E-state index in [0.29, 0.717) is 80.0 Å². The SMILES string of the molecule is COc1ccc2ncc(F)c(CCCC3(C(=O)O)CCN(CCOc4cc(F)cc(F)c4F)CC3)c2c1. The van der Waals surface area contributed by atoms with E-state index in [2.05, 4.69) is 4.98 Å². The molecule has 0 amide bonds. The number of likely N-dealkylation sites (tertiary alicyclic amines) is 1. The lowest BCUT2D eigenvalue weighted by Gasteiger charge is -2.39. The largest absolute Gasteiger partial charge is 0.497 e. The molecule has 0 atom stereocenters. The molecule has 2 aromatic carbocycles. The third kappa shape index (κ3) is 5.95. The van der Waals surface area contributed by atoms with E-state index in [1.165, 1.54) is 13.3 Å². The Kier molecular flexibility index (Phi) is 8.16. The fourth-order valence-corrected chi connectivity index (χ4v) is 4.88. The Morgan fingerprint density at radius 1 is 1.11 bits per heavy atom. The van der Waals surface area contributed by atoms with Gasteiger partial charge < -0.3 is 14.6 Å². The second kappa shape index (κ2) is 11.3. The van der Waals surface area contributed by atoms with Crippen LogP contribution in [0.5, 0.6) is 11.5 Å². The molecule has 4 rings (SSSR count). The molecule has 37 heavy (non-hydrogen) atoms. The fourth-order valence-electron chi connectivity index (χ4n) is 4.88. The molecule has 0 radical (unpaired) electrons. The van der Waals surface area contributed by atoms with Crippen molar-refractivity contribution in [3.8, 4) is 11.5 Å². The van der Waals surface area contributed by atoms with Gasteiger partial charge in [0, 0.05) is 24.1 Å². The Morgan fingerprint density at radius 3 is 2.57 bits per heavy atom. The summed E-state index contributed by atoms with van der Waals surface area (Å²) in [5.41, 5.74) is 0.188. The number of aliphatic carboxylic acids is 1. The molecule has 0 saturated carbocycles. The number of fused-ring (bicyclic) bond motifs is 1. The number of aromatic nitrogens is 1. The van der Waals surface area contributed by atoms with Crippen LogP contribution in [0, 0.1) is 28.7 Å². The van der Waals surface area contributed by atoms with Crippen molar-refractivity contribution in [3.63, 3.8) is 0 Å². The molecule has 6 nitrogen and oxygen atoms in total. The van der Waals surface area contributed by atoms with Crippen LogP contribution < -0.4 is 9.47 Å². The number of carbonyl (C=O) groups is 1. The monoisotopic (exact) mass is 520 g/mol. The second-order valence-electron chi connectivity index (χ2n) is 9.30. The quantitative estimate of drug-likeness (QED) is 0.286. The fraction of sp³-hybridized carbons (Fsp3) is 0.407. The van der Waals surface area contributed by atoms with Gasteiger partial charge in [-0.15, -0.1) is 0 Å². The number of hydrogen-bond acceptors (Lipinski definition) is 5. The van der Waals surface area contributed by atoms with Gasteiger partial charge in [0.25, 0.3) is 0 Å². The number of pyridine rings is 1. The van der Waals surface area contributed by atoms with Gasteiger partial charge in [0.1, 0.15) is 24.0 Å². The van der Waals surface area contributed by atoms with Gasteiger partial charge in [-0.25, -0.2) is 13.2 Å². The number of benzene rings is 2. The molecule has 10 heteroatoms. The van der Waals surface area contributed by atoms with E-state index in [4.69, 9.17) is 9.47 Å². The predicted octanol–water partition coefficient (Wildman–Crippen LogP) is 5.37. The van der Waals surface area contributed by atoms with E-state index >= 15 is 0 Å². The van der Waals surface area contributed by atoms with Crippen LogP contribution >= 0.6 is 0 Å². The van der Waals surface area contributed by atoms with Crippen molar-refractivity contribution in [2.45, 2.75) is 32.1 Å². The summed E-state index contributed by atoms with van der Waals surface area (Å²) in [6.45, 7) is 1.29. The molecule has 1 aliphatic rings. The summed E-state index contributed by atoms with van der Waals surface area (Å²) < 4.78 is 65.5. The average molecular weight is 521 g/mol. The first kappa shape index (κ1) is 26.7. The van der Waals surface area contributed by atoms with E-state index in [-0.39, 0.29) is 6.61 Å². The number of ether oxygens (including phenoxy) is 2. The van der Waals surface area contributed by atoms with Gasteiger partial charge in [-0.05, 0) is 69.0 Å². The number of nitrogens with zero attached hydrogens (tertiary/aromatic N) is 2. The second-order valence-corrected chi connectivity index (χ2v) is 9.30. The molecule has 1 saturated heterocycles. The summed E-state index contributed by atoms with van der Waals surface area (Å²) in [5, 5.41) is 10.7. The summed E-state index contributed by atoms with van der Waals surface area (Å²) in [5.74, 6) is -4.73. The Hall–Kier alpha value is -3.40. The van der Waals surface area contributed by atoms with E-state index in [1.807, 2.05) is 4.90 Å². The normalized spacial score (nSPS) is 15.6. The van der Waals surface area contributed by atoms with Gasteiger partial charge >= 0.3 is 5.97 Å². The lowest BCUT2D eigenvalue weighted by atomic mass is 9.74. The van der Waals surface area contributed by atoms with Crippen LogP contribution in [0.2, 0.25) is 0 Å². The molecular formula is C27H28F4N2O4. The van der Waals surface area contributed by atoms with Gasteiger partial charge in [0.05, 0.1) is 24.2 Å². The third-order valence-corrected chi connectivity index (χ3v) is 7.11. The highest BCUT2D eigenvalue weighted by atomic mass is 19.2. The molecule has 0 spiro atoms. The average Bonchev–Trinajstić information content (AvgIpc) is 2.88. The minimum atomic E-state index is -1.32. The Morgan fingerprint density at radius 2 is 1.86 bits per heavy atom. The van der Waals surface area contributed by atoms with Crippen LogP contribution in [0.3, 0.4) is 0 Å². The number of hydrogen-bond donors (Lipinski definition) is 1. The molecule has 1 aromatic heterocycles. The standard InChI is InChI=1S/C27H28F4N2O4/c1-36-18-4-5-23-20(15-18)19(22(30)16-32-23)3-2-6-27(26(34)35)7-9-33(10-8-27)11-12-37-24-14-17(28)13-21(29)25(24)31/h4-5,13-16H,2-3,6-12H2,1H3,(H,34,35). The lowest BCUT2D eigenvalue weighted by Crippen LogP contribution is -2.45. The van der Waals surface area contributed by atoms with Gasteiger partial charge in [-0.3, -0.25) is 14.7 Å². The zero-order valence-corrected chi connectivity index (χ0v) is 20.4. The number of aryl methyl sites for hydroxylation is 1. The first-order valence-corrected chi connectivity index (χ1v) is 12.1. The Balaban J connectivity index is 1.33. The van der Waals surface area contributed by atoms with Crippen molar-refractivity contribution in [1.29, 1.82) is 0 Å². The summed E-state index contributed by atoms with van der Waals surface area (Å²) in [6.07, 6.45) is 3.18. The first-order valence-electron chi connectivity index (χ1n) is 12.1. The van der Waals surface area contributed by atoms with Crippen LogP contribution in [0.25, 0.3) is 10.9 Å². The number of carboxylic acid groups (broad SMARTS) is 1. The molecule has 3 aromatic rings. The number of halogens is 4. The van der Waals surface area contributed by atoms with Crippen LogP contribution in [0.1, 0.15) is 31.2 Å². The van der Waals surface area contributed by atoms with Crippen LogP contribution in [-0.4, -0.2) is 54.3 Å². The minimum Gasteiger partial charge on any atom is -0.497 e. The Labute approximate surface area is 211 Å². The van der Waals surface area contributed by atoms with Crippen molar-refractivity contribution in [1.82, 2.24) is 9.88 Å².